The number of nitrogens with two attached hydrogens (primary N) is 1. The van der Waals surface area contributed by atoms with Crippen molar-refractivity contribution in [1.82, 2.24) is 0 Å². The third kappa shape index (κ3) is 5.73. The Bertz CT molecular complexity index is 500. The van der Waals surface area contributed by atoms with Gasteiger partial charge < -0.3 is 20.9 Å². The molecule has 1 aliphatic rings. The molecule has 0 atom stereocenters. The lowest BCUT2D eigenvalue weighted by molar-refractivity contribution is -0.0565. The van der Waals surface area contributed by atoms with Crippen LogP contribution >= 0.6 is 24.0 Å². The van der Waals surface area contributed by atoms with E-state index in [0.29, 0.717) is 44.5 Å². The first-order valence-electron chi connectivity index (χ1n) is 7.45. The van der Waals surface area contributed by atoms with E-state index in [0.717, 1.165) is 5.69 Å². The Kier molecular flexibility index (Phi) is 7.58. The van der Waals surface area contributed by atoms with Gasteiger partial charge in [0.1, 0.15) is 0 Å². The molecule has 0 unspecified atom stereocenters. The van der Waals surface area contributed by atoms with E-state index in [2.05, 4.69) is 36.3 Å². The third-order valence-electron chi connectivity index (χ3n) is 3.79. The van der Waals surface area contributed by atoms with Gasteiger partial charge in [-0.3, -0.25) is 4.99 Å². The Morgan fingerprint density at radius 2 is 2.09 bits per heavy atom. The van der Waals surface area contributed by atoms with E-state index in [-0.39, 0.29) is 24.0 Å². The minimum absolute atomic E-state index is 0. The Balaban J connectivity index is 0.00000242. The summed E-state index contributed by atoms with van der Waals surface area (Å²) in [6.07, 6.45) is 1.21. The van der Waals surface area contributed by atoms with Gasteiger partial charge in [-0.1, -0.05) is 26.0 Å². The van der Waals surface area contributed by atoms with Crippen LogP contribution in [0.3, 0.4) is 0 Å². The van der Waals surface area contributed by atoms with Crippen LogP contribution in [0.15, 0.2) is 29.3 Å². The monoisotopic (exact) mass is 419 g/mol. The van der Waals surface area contributed by atoms with Gasteiger partial charge in [-0.05, 0) is 23.6 Å². The normalized spacial score (nSPS) is 17.9. The average molecular weight is 419 g/mol. The molecule has 1 aromatic rings. The summed E-state index contributed by atoms with van der Waals surface area (Å²) in [7, 11) is 0. The zero-order valence-corrected chi connectivity index (χ0v) is 15.5. The maximum atomic E-state index is 10.3. The van der Waals surface area contributed by atoms with Crippen molar-refractivity contribution < 1.29 is 9.84 Å². The first-order chi connectivity index (χ1) is 9.98. The highest BCUT2D eigenvalue weighted by molar-refractivity contribution is 14.0. The van der Waals surface area contributed by atoms with Crippen LogP contribution in [0.1, 0.15) is 38.2 Å². The van der Waals surface area contributed by atoms with Crippen LogP contribution in [0.25, 0.3) is 0 Å². The maximum absolute atomic E-state index is 10.3. The highest BCUT2D eigenvalue weighted by atomic mass is 127. The minimum atomic E-state index is -0.787. The van der Waals surface area contributed by atoms with Crippen molar-refractivity contribution in [3.63, 3.8) is 0 Å². The smallest absolute Gasteiger partial charge is 0.193 e. The Morgan fingerprint density at radius 3 is 2.73 bits per heavy atom. The Labute approximate surface area is 149 Å². The van der Waals surface area contributed by atoms with Crippen LogP contribution in [-0.4, -0.2) is 36.4 Å². The van der Waals surface area contributed by atoms with E-state index >= 15 is 0 Å². The lowest BCUT2D eigenvalue weighted by Gasteiger charge is -2.30. The van der Waals surface area contributed by atoms with Crippen LogP contribution in [0, 0.1) is 0 Å². The molecule has 0 amide bonds. The van der Waals surface area contributed by atoms with Crippen molar-refractivity contribution in [2.24, 2.45) is 10.7 Å². The molecule has 2 rings (SSSR count). The number of aliphatic hydroxyl groups is 1. The summed E-state index contributed by atoms with van der Waals surface area (Å²) < 4.78 is 5.25. The fraction of sp³-hybridized carbons (Fsp3) is 0.562. The quantitative estimate of drug-likeness (QED) is 0.398. The second kappa shape index (κ2) is 8.69. The fourth-order valence-electron chi connectivity index (χ4n) is 2.30. The number of ether oxygens (including phenoxy) is 1. The predicted octanol–water partition coefficient (Wildman–Crippen LogP) is 2.70. The van der Waals surface area contributed by atoms with Crippen molar-refractivity contribution in [3.05, 3.63) is 29.8 Å². The molecule has 0 saturated carbocycles. The third-order valence-corrected chi connectivity index (χ3v) is 3.79. The van der Waals surface area contributed by atoms with Crippen molar-refractivity contribution in [3.8, 4) is 0 Å². The molecule has 0 radical (unpaired) electrons. The fourth-order valence-corrected chi connectivity index (χ4v) is 2.30. The molecular formula is C16H26IN3O2. The predicted molar refractivity (Wildman–Crippen MR) is 101 cm³/mol. The van der Waals surface area contributed by atoms with E-state index in [1.165, 1.54) is 5.56 Å². The van der Waals surface area contributed by atoms with Gasteiger partial charge in [0, 0.05) is 31.7 Å². The molecule has 0 aliphatic carbocycles. The van der Waals surface area contributed by atoms with E-state index in [9.17, 15) is 5.11 Å². The summed E-state index contributed by atoms with van der Waals surface area (Å²) in [4.78, 5) is 4.27. The number of hydrogen-bond acceptors (Lipinski definition) is 3. The van der Waals surface area contributed by atoms with Crippen LogP contribution in [0.2, 0.25) is 0 Å². The second-order valence-corrected chi connectivity index (χ2v) is 5.94. The van der Waals surface area contributed by atoms with E-state index in [1.807, 2.05) is 12.1 Å². The van der Waals surface area contributed by atoms with E-state index in [4.69, 9.17) is 10.5 Å². The molecule has 1 aliphatic heterocycles. The standard InChI is InChI=1S/C16H25N3O2.HI/c1-12(2)13-4-3-5-14(10-13)19-15(17)18-11-16(20)6-8-21-9-7-16;/h3-5,10,12,20H,6-9,11H2,1-2H3,(H3,17,18,19);1H. The Hall–Kier alpha value is -0.860. The number of rotatable bonds is 4. The molecule has 1 fully saturated rings. The van der Waals surface area contributed by atoms with Gasteiger partial charge >= 0.3 is 0 Å². The lowest BCUT2D eigenvalue weighted by Crippen LogP contribution is -2.40. The minimum Gasteiger partial charge on any atom is -0.388 e. The summed E-state index contributed by atoms with van der Waals surface area (Å²) in [5.41, 5.74) is 7.28. The average Bonchev–Trinajstić information content (AvgIpc) is 2.46. The zero-order valence-electron chi connectivity index (χ0n) is 13.2. The summed E-state index contributed by atoms with van der Waals surface area (Å²) in [5.74, 6) is 0.795. The number of halogens is 1. The summed E-state index contributed by atoms with van der Waals surface area (Å²) in [6, 6.07) is 8.11. The number of nitrogens with one attached hydrogen (secondary N) is 1. The molecular weight excluding hydrogens is 393 g/mol. The molecule has 0 aromatic heterocycles. The van der Waals surface area contributed by atoms with E-state index < -0.39 is 5.60 Å². The summed E-state index contributed by atoms with van der Waals surface area (Å²) in [5, 5.41) is 13.4. The number of hydrogen-bond donors (Lipinski definition) is 3. The molecule has 5 nitrogen and oxygen atoms in total. The van der Waals surface area contributed by atoms with Crippen LogP contribution in [0.4, 0.5) is 5.69 Å². The molecule has 1 heterocycles. The maximum Gasteiger partial charge on any atom is 0.193 e. The van der Waals surface area contributed by atoms with Gasteiger partial charge in [0.25, 0.3) is 0 Å². The summed E-state index contributed by atoms with van der Waals surface area (Å²) >= 11 is 0. The first-order valence-corrected chi connectivity index (χ1v) is 7.45. The van der Waals surface area contributed by atoms with Crippen LogP contribution in [-0.2, 0) is 4.74 Å². The lowest BCUT2D eigenvalue weighted by atomic mass is 9.95. The van der Waals surface area contributed by atoms with Crippen molar-refractivity contribution in [2.45, 2.75) is 38.2 Å². The van der Waals surface area contributed by atoms with E-state index in [1.54, 1.807) is 0 Å². The molecule has 1 saturated heterocycles. The van der Waals surface area contributed by atoms with Gasteiger partial charge in [0.2, 0.25) is 0 Å². The van der Waals surface area contributed by atoms with Gasteiger partial charge in [0.15, 0.2) is 5.96 Å². The number of aliphatic imine (C=N–C) groups is 1. The van der Waals surface area contributed by atoms with Crippen molar-refractivity contribution in [1.29, 1.82) is 0 Å². The molecule has 22 heavy (non-hydrogen) atoms. The van der Waals surface area contributed by atoms with Crippen LogP contribution in [0.5, 0.6) is 0 Å². The van der Waals surface area contributed by atoms with Crippen LogP contribution < -0.4 is 11.1 Å². The molecule has 1 aromatic carbocycles. The second-order valence-electron chi connectivity index (χ2n) is 5.94. The topological polar surface area (TPSA) is 79.9 Å². The zero-order chi connectivity index (χ0) is 15.3. The number of anilines is 1. The number of guanidine groups is 1. The van der Waals surface area contributed by atoms with Crippen molar-refractivity contribution >= 4 is 35.6 Å². The van der Waals surface area contributed by atoms with Gasteiger partial charge in [0.05, 0.1) is 12.1 Å². The summed E-state index contributed by atoms with van der Waals surface area (Å²) in [6.45, 7) is 5.76. The Morgan fingerprint density at radius 1 is 1.41 bits per heavy atom. The molecule has 0 bridgehead atoms. The molecule has 0 spiro atoms. The number of benzene rings is 1. The highest BCUT2D eigenvalue weighted by Crippen LogP contribution is 2.21. The van der Waals surface area contributed by atoms with Gasteiger partial charge in [-0.2, -0.15) is 0 Å². The first kappa shape index (κ1) is 19.2. The molecule has 4 N–H and O–H groups in total. The van der Waals surface area contributed by atoms with Crippen molar-refractivity contribution in [2.75, 3.05) is 25.1 Å². The largest absolute Gasteiger partial charge is 0.388 e. The SMILES string of the molecule is CC(C)c1cccc(NC(N)=NCC2(O)CCOCC2)c1.I. The van der Waals surface area contributed by atoms with Gasteiger partial charge in [-0.25, -0.2) is 0 Å². The molecule has 6 heteroatoms. The number of nitrogens with zero attached hydrogens (tertiary/aromatic N) is 1. The molecule has 124 valence electrons. The highest BCUT2D eigenvalue weighted by Gasteiger charge is 2.29. The van der Waals surface area contributed by atoms with Gasteiger partial charge in [-0.15, -0.1) is 24.0 Å².